The monoisotopic (exact) mass is 480 g/mol. The van der Waals surface area contributed by atoms with Gasteiger partial charge in [-0.2, -0.15) is 5.26 Å². The number of carbonyl (C=O) groups excluding carboxylic acids is 3. The number of benzene rings is 1. The number of carbonyl (C=O) groups is 3. The van der Waals surface area contributed by atoms with Crippen LogP contribution in [0, 0.1) is 11.3 Å². The van der Waals surface area contributed by atoms with Gasteiger partial charge in [-0.1, -0.05) is 12.1 Å². The minimum Gasteiger partial charge on any atom is -0.465 e. The standard InChI is InChI=1S/C24H20N2O7S/c1-14-19(22(27)26(23(28)20(14)12-25)17-9-10-34(30,31)13-17)11-18-7-8-21(33-18)15-3-5-16(6-4-15)24(29)32-2/h3-8,11,17H,9-10,13H2,1-2H3/b19-11-/t17-/m0/s1. The number of nitriles is 1. The lowest BCUT2D eigenvalue weighted by Gasteiger charge is -2.31. The molecule has 174 valence electrons. The van der Waals surface area contributed by atoms with Gasteiger partial charge >= 0.3 is 5.97 Å². The number of ether oxygens (including phenoxy) is 1. The number of imide groups is 1. The van der Waals surface area contributed by atoms with Crippen LogP contribution in [0.3, 0.4) is 0 Å². The number of amides is 2. The van der Waals surface area contributed by atoms with E-state index in [0.29, 0.717) is 22.6 Å². The third kappa shape index (κ3) is 4.18. The van der Waals surface area contributed by atoms with Crippen LogP contribution in [0.2, 0.25) is 0 Å². The van der Waals surface area contributed by atoms with Crippen LogP contribution in [-0.2, 0) is 24.2 Å². The fourth-order valence-electron chi connectivity index (χ4n) is 4.03. The van der Waals surface area contributed by atoms with E-state index in [9.17, 15) is 28.1 Å². The smallest absolute Gasteiger partial charge is 0.337 e. The zero-order valence-corrected chi connectivity index (χ0v) is 19.2. The molecule has 4 rings (SSSR count). The highest BCUT2D eigenvalue weighted by Crippen LogP contribution is 2.32. The average Bonchev–Trinajstić information content (AvgIpc) is 3.42. The number of sulfone groups is 1. The Morgan fingerprint density at radius 1 is 1.18 bits per heavy atom. The minimum atomic E-state index is -3.36. The van der Waals surface area contributed by atoms with Gasteiger partial charge in [0, 0.05) is 11.1 Å². The van der Waals surface area contributed by atoms with Gasteiger partial charge in [0.05, 0.1) is 30.2 Å². The van der Waals surface area contributed by atoms with E-state index in [1.54, 1.807) is 36.4 Å². The Labute approximate surface area is 195 Å². The molecule has 10 heteroatoms. The number of esters is 1. The van der Waals surface area contributed by atoms with Gasteiger partial charge in [-0.25, -0.2) is 13.2 Å². The third-order valence-electron chi connectivity index (χ3n) is 5.85. The first-order valence-corrected chi connectivity index (χ1v) is 12.2. The Hall–Kier alpha value is -3.97. The van der Waals surface area contributed by atoms with Gasteiger partial charge < -0.3 is 9.15 Å². The molecule has 3 heterocycles. The second-order valence-electron chi connectivity index (χ2n) is 7.98. The molecule has 34 heavy (non-hydrogen) atoms. The van der Waals surface area contributed by atoms with Gasteiger partial charge in [0.2, 0.25) is 0 Å². The number of furan rings is 1. The molecule has 2 aromatic rings. The summed E-state index contributed by atoms with van der Waals surface area (Å²) in [6.07, 6.45) is 1.57. The highest BCUT2D eigenvalue weighted by molar-refractivity contribution is 7.91. The zero-order valence-electron chi connectivity index (χ0n) is 18.4. The molecule has 1 aromatic heterocycles. The lowest BCUT2D eigenvalue weighted by molar-refractivity contribution is -0.142. The van der Waals surface area contributed by atoms with E-state index in [1.165, 1.54) is 20.1 Å². The van der Waals surface area contributed by atoms with Gasteiger partial charge in [-0.3, -0.25) is 14.5 Å². The van der Waals surface area contributed by atoms with E-state index < -0.39 is 33.7 Å². The molecule has 9 nitrogen and oxygen atoms in total. The summed E-state index contributed by atoms with van der Waals surface area (Å²) in [5, 5.41) is 9.53. The highest BCUT2D eigenvalue weighted by atomic mass is 32.2. The number of methoxy groups -OCH3 is 1. The van der Waals surface area contributed by atoms with Gasteiger partial charge in [0.15, 0.2) is 9.84 Å². The molecule has 0 saturated carbocycles. The molecule has 0 radical (unpaired) electrons. The van der Waals surface area contributed by atoms with Crippen LogP contribution in [0.4, 0.5) is 0 Å². The molecule has 1 atom stereocenters. The van der Waals surface area contributed by atoms with Crippen molar-refractivity contribution in [1.29, 1.82) is 5.26 Å². The molecule has 0 bridgehead atoms. The van der Waals surface area contributed by atoms with Crippen LogP contribution < -0.4 is 0 Å². The second-order valence-corrected chi connectivity index (χ2v) is 10.2. The quantitative estimate of drug-likeness (QED) is 0.370. The van der Waals surface area contributed by atoms with Crippen molar-refractivity contribution in [3.63, 3.8) is 0 Å². The molecule has 1 aromatic carbocycles. The molecule has 2 amide bonds. The van der Waals surface area contributed by atoms with Crippen molar-refractivity contribution in [3.05, 3.63) is 64.4 Å². The molecule has 0 spiro atoms. The predicted octanol–water partition coefficient (Wildman–Crippen LogP) is 2.51. The third-order valence-corrected chi connectivity index (χ3v) is 7.60. The van der Waals surface area contributed by atoms with Crippen molar-refractivity contribution >= 4 is 33.7 Å². The molecule has 1 saturated heterocycles. The van der Waals surface area contributed by atoms with Crippen molar-refractivity contribution < 1.29 is 32.0 Å². The number of hydrogen-bond acceptors (Lipinski definition) is 8. The normalized spacial score (nSPS) is 21.1. The molecule has 2 aliphatic rings. The Bertz CT molecular complexity index is 1410. The van der Waals surface area contributed by atoms with Crippen molar-refractivity contribution in [2.45, 2.75) is 19.4 Å². The van der Waals surface area contributed by atoms with Crippen molar-refractivity contribution in [3.8, 4) is 17.4 Å². The van der Waals surface area contributed by atoms with Crippen LogP contribution in [0.25, 0.3) is 17.4 Å². The Morgan fingerprint density at radius 2 is 1.88 bits per heavy atom. The summed E-state index contributed by atoms with van der Waals surface area (Å²) < 4.78 is 34.4. The van der Waals surface area contributed by atoms with E-state index in [2.05, 4.69) is 4.74 Å². The summed E-state index contributed by atoms with van der Waals surface area (Å²) in [5.41, 5.74) is 1.15. The predicted molar refractivity (Wildman–Crippen MR) is 121 cm³/mol. The van der Waals surface area contributed by atoms with E-state index in [0.717, 1.165) is 4.90 Å². The minimum absolute atomic E-state index is 0.0855. The van der Waals surface area contributed by atoms with Gasteiger partial charge in [0.1, 0.15) is 23.2 Å². The molecular formula is C24H20N2O7S. The maximum Gasteiger partial charge on any atom is 0.337 e. The first-order valence-electron chi connectivity index (χ1n) is 10.3. The summed E-state index contributed by atoms with van der Waals surface area (Å²) >= 11 is 0. The van der Waals surface area contributed by atoms with E-state index in [4.69, 9.17) is 4.42 Å². The van der Waals surface area contributed by atoms with Crippen molar-refractivity contribution in [2.75, 3.05) is 18.6 Å². The highest BCUT2D eigenvalue weighted by Gasteiger charge is 2.43. The molecule has 2 aliphatic heterocycles. The molecule has 0 unspecified atom stereocenters. The topological polar surface area (TPSA) is 135 Å². The van der Waals surface area contributed by atoms with Gasteiger partial charge in [0.25, 0.3) is 11.8 Å². The van der Waals surface area contributed by atoms with E-state index in [-0.39, 0.29) is 34.6 Å². The first kappa shape index (κ1) is 23.2. The maximum absolute atomic E-state index is 13.2. The maximum atomic E-state index is 13.2. The SMILES string of the molecule is COC(=O)c1ccc(-c2ccc(/C=C3\C(=O)N([C@H]4CCS(=O)(=O)C4)C(=O)C(C#N)=C3C)o2)cc1. The summed E-state index contributed by atoms with van der Waals surface area (Å²) in [6.45, 7) is 1.50. The Balaban J connectivity index is 1.68. The van der Waals surface area contributed by atoms with Gasteiger partial charge in [-0.05, 0) is 49.3 Å². The van der Waals surface area contributed by atoms with Crippen LogP contribution in [0.5, 0.6) is 0 Å². The molecule has 0 N–H and O–H groups in total. The van der Waals surface area contributed by atoms with Crippen LogP contribution in [0.15, 0.2) is 57.5 Å². The van der Waals surface area contributed by atoms with Crippen LogP contribution in [-0.4, -0.2) is 55.8 Å². The van der Waals surface area contributed by atoms with Gasteiger partial charge in [-0.15, -0.1) is 0 Å². The van der Waals surface area contributed by atoms with Crippen molar-refractivity contribution in [1.82, 2.24) is 4.90 Å². The number of nitrogens with zero attached hydrogens (tertiary/aromatic N) is 2. The first-order chi connectivity index (χ1) is 16.1. The lowest BCUT2D eigenvalue weighted by atomic mass is 9.93. The number of hydrogen-bond donors (Lipinski definition) is 0. The fraction of sp³-hybridized carbons (Fsp3) is 0.250. The fourth-order valence-corrected chi connectivity index (χ4v) is 5.73. The van der Waals surface area contributed by atoms with Crippen molar-refractivity contribution in [2.24, 2.45) is 0 Å². The zero-order chi connectivity index (χ0) is 24.6. The summed E-state index contributed by atoms with van der Waals surface area (Å²) in [4.78, 5) is 38.5. The Morgan fingerprint density at radius 3 is 2.47 bits per heavy atom. The number of rotatable bonds is 4. The largest absolute Gasteiger partial charge is 0.465 e. The molecule has 1 fully saturated rings. The summed E-state index contributed by atoms with van der Waals surface area (Å²) in [6, 6.07) is 10.9. The summed E-state index contributed by atoms with van der Waals surface area (Å²) in [7, 11) is -2.06. The lowest BCUT2D eigenvalue weighted by Crippen LogP contribution is -2.49. The Kier molecular flexibility index (Phi) is 5.98. The van der Waals surface area contributed by atoms with E-state index in [1.807, 2.05) is 6.07 Å². The average molecular weight is 480 g/mol. The molecular weight excluding hydrogens is 460 g/mol. The molecule has 0 aliphatic carbocycles. The van der Waals surface area contributed by atoms with Crippen LogP contribution in [0.1, 0.15) is 29.5 Å². The second kappa shape index (κ2) is 8.76. The summed E-state index contributed by atoms with van der Waals surface area (Å²) in [5.74, 6) is -1.56. The van der Waals surface area contributed by atoms with E-state index >= 15 is 0 Å². The van der Waals surface area contributed by atoms with Crippen LogP contribution >= 0.6 is 0 Å².